The Labute approximate surface area is 113 Å². The Kier molecular flexibility index (Phi) is 2.18. The normalized spacial score (nSPS) is 39.3. The van der Waals surface area contributed by atoms with Gasteiger partial charge in [0.1, 0.15) is 5.78 Å². The molecule has 0 amide bonds. The minimum Gasteiger partial charge on any atom is -0.299 e. The second-order valence-electron chi connectivity index (χ2n) is 6.72. The smallest absolute Gasteiger partial charge is 0.139 e. The molecule has 4 aliphatic rings. The van der Waals surface area contributed by atoms with Gasteiger partial charge in [0.25, 0.3) is 0 Å². The fourth-order valence-electron chi connectivity index (χ4n) is 5.00. The van der Waals surface area contributed by atoms with Crippen molar-refractivity contribution in [3.8, 4) is 6.07 Å². The molecule has 19 heavy (non-hydrogen) atoms. The van der Waals surface area contributed by atoms with E-state index in [4.69, 9.17) is 5.26 Å². The van der Waals surface area contributed by atoms with E-state index in [2.05, 4.69) is 18.2 Å². The largest absolute Gasteiger partial charge is 0.299 e. The molecule has 4 saturated carbocycles. The van der Waals surface area contributed by atoms with Crippen LogP contribution in [0.25, 0.3) is 0 Å². The molecule has 0 N–H and O–H groups in total. The van der Waals surface area contributed by atoms with Gasteiger partial charge in [-0.25, -0.2) is 0 Å². The molecule has 0 radical (unpaired) electrons. The van der Waals surface area contributed by atoms with Gasteiger partial charge in [-0.15, -0.1) is 0 Å². The average Bonchev–Trinajstić information content (AvgIpc) is 2.44. The van der Waals surface area contributed by atoms with Gasteiger partial charge in [0.15, 0.2) is 0 Å². The Hall–Kier alpha value is -1.62. The summed E-state index contributed by atoms with van der Waals surface area (Å²) in [5.74, 6) is 1.94. The van der Waals surface area contributed by atoms with Crippen LogP contribution >= 0.6 is 0 Å². The van der Waals surface area contributed by atoms with Crippen molar-refractivity contribution >= 4 is 5.78 Å². The van der Waals surface area contributed by atoms with Crippen molar-refractivity contribution < 1.29 is 4.79 Å². The maximum Gasteiger partial charge on any atom is 0.139 e. The van der Waals surface area contributed by atoms with E-state index in [1.165, 1.54) is 12.0 Å². The fourth-order valence-corrected chi connectivity index (χ4v) is 5.00. The lowest BCUT2D eigenvalue weighted by atomic mass is 9.47. The summed E-state index contributed by atoms with van der Waals surface area (Å²) in [4.78, 5) is 12.2. The Balaban J connectivity index is 1.74. The van der Waals surface area contributed by atoms with E-state index >= 15 is 0 Å². The van der Waals surface area contributed by atoms with Crippen molar-refractivity contribution in [3.63, 3.8) is 0 Å². The van der Waals surface area contributed by atoms with Crippen molar-refractivity contribution in [1.82, 2.24) is 0 Å². The van der Waals surface area contributed by atoms with Crippen LogP contribution in [0.1, 0.15) is 43.2 Å². The first-order valence-electron chi connectivity index (χ1n) is 7.24. The molecular weight excluding hydrogens is 234 g/mol. The number of nitrogens with zero attached hydrogens (tertiary/aromatic N) is 1. The Morgan fingerprint density at radius 3 is 2.26 bits per heavy atom. The van der Waals surface area contributed by atoms with Crippen molar-refractivity contribution in [1.29, 1.82) is 5.26 Å². The number of hydrogen-bond donors (Lipinski definition) is 0. The molecule has 96 valence electrons. The molecular formula is C17H17NO. The zero-order valence-corrected chi connectivity index (χ0v) is 10.9. The molecule has 4 bridgehead atoms. The first kappa shape index (κ1) is 11.2. The van der Waals surface area contributed by atoms with Crippen molar-refractivity contribution in [2.75, 3.05) is 0 Å². The molecule has 0 saturated heterocycles. The highest BCUT2D eigenvalue weighted by Crippen LogP contribution is 2.59. The van der Waals surface area contributed by atoms with Crippen LogP contribution in [-0.4, -0.2) is 5.78 Å². The standard InChI is InChI=1S/C17H17NO/c18-10-11-1-3-15(4-2-11)17-7-12-5-13(8-17)16(19)14(6-12)9-17/h1-4,12-14H,5-9H2/t12?,13-,14+,17?. The van der Waals surface area contributed by atoms with Gasteiger partial charge >= 0.3 is 0 Å². The van der Waals surface area contributed by atoms with E-state index in [0.717, 1.165) is 37.2 Å². The number of hydrogen-bond acceptors (Lipinski definition) is 2. The quantitative estimate of drug-likeness (QED) is 0.769. The molecule has 1 aromatic rings. The summed E-state index contributed by atoms with van der Waals surface area (Å²) in [5, 5.41) is 8.90. The number of rotatable bonds is 1. The van der Waals surface area contributed by atoms with E-state index in [1.807, 2.05) is 12.1 Å². The predicted molar refractivity (Wildman–Crippen MR) is 71.4 cm³/mol. The Morgan fingerprint density at radius 2 is 1.68 bits per heavy atom. The van der Waals surface area contributed by atoms with Crippen LogP contribution in [0, 0.1) is 29.1 Å². The van der Waals surface area contributed by atoms with Crippen molar-refractivity contribution in [2.45, 2.75) is 37.5 Å². The van der Waals surface area contributed by atoms with Crippen LogP contribution in [0.3, 0.4) is 0 Å². The maximum atomic E-state index is 12.2. The first-order valence-corrected chi connectivity index (χ1v) is 7.24. The molecule has 0 aromatic heterocycles. The molecule has 1 aromatic carbocycles. The van der Waals surface area contributed by atoms with E-state index < -0.39 is 0 Å². The van der Waals surface area contributed by atoms with Gasteiger partial charge in [-0.2, -0.15) is 5.26 Å². The number of ketones is 1. The molecule has 4 fully saturated rings. The summed E-state index contributed by atoms with van der Waals surface area (Å²) in [6, 6.07) is 10.3. The third-order valence-corrected chi connectivity index (χ3v) is 5.62. The summed E-state index contributed by atoms with van der Waals surface area (Å²) in [7, 11) is 0. The van der Waals surface area contributed by atoms with E-state index in [0.29, 0.717) is 17.6 Å². The molecule has 0 spiro atoms. The van der Waals surface area contributed by atoms with Crippen molar-refractivity contribution in [2.24, 2.45) is 17.8 Å². The summed E-state index contributed by atoms with van der Waals surface area (Å²) in [5.41, 5.74) is 2.32. The lowest BCUT2D eigenvalue weighted by molar-refractivity contribution is -0.142. The Bertz CT molecular complexity index is 562. The van der Waals surface area contributed by atoms with E-state index in [1.54, 1.807) is 0 Å². The second kappa shape index (κ2) is 3.70. The summed E-state index contributed by atoms with van der Waals surface area (Å²) < 4.78 is 0. The zero-order valence-electron chi connectivity index (χ0n) is 10.9. The van der Waals surface area contributed by atoms with Gasteiger partial charge in [-0.05, 0) is 61.1 Å². The Morgan fingerprint density at radius 1 is 1.05 bits per heavy atom. The SMILES string of the molecule is N#Cc1ccc(C23CC4C[C@H](C2)C(=O)[C@@H](C4)C3)cc1. The van der Waals surface area contributed by atoms with Crippen LogP contribution in [-0.2, 0) is 10.2 Å². The molecule has 2 nitrogen and oxygen atoms in total. The van der Waals surface area contributed by atoms with Crippen LogP contribution in [0.4, 0.5) is 0 Å². The highest BCUT2D eigenvalue weighted by Gasteiger charge is 2.55. The molecule has 4 aliphatic carbocycles. The van der Waals surface area contributed by atoms with Gasteiger partial charge in [-0.1, -0.05) is 12.1 Å². The third-order valence-electron chi connectivity index (χ3n) is 5.62. The molecule has 4 atom stereocenters. The molecule has 0 heterocycles. The number of carbonyl (C=O) groups excluding carboxylic acids is 1. The average molecular weight is 251 g/mol. The minimum absolute atomic E-state index is 0.235. The van der Waals surface area contributed by atoms with Crippen LogP contribution in [0.5, 0.6) is 0 Å². The van der Waals surface area contributed by atoms with Gasteiger partial charge in [0.05, 0.1) is 11.6 Å². The highest BCUT2D eigenvalue weighted by molar-refractivity contribution is 5.86. The van der Waals surface area contributed by atoms with Gasteiger partial charge in [0, 0.05) is 11.8 Å². The minimum atomic E-state index is 0.235. The van der Waals surface area contributed by atoms with Gasteiger partial charge < -0.3 is 0 Å². The van der Waals surface area contributed by atoms with E-state index in [9.17, 15) is 4.79 Å². The van der Waals surface area contributed by atoms with Gasteiger partial charge in [0.2, 0.25) is 0 Å². The third kappa shape index (κ3) is 1.51. The summed E-state index contributed by atoms with van der Waals surface area (Å²) in [6.45, 7) is 0. The van der Waals surface area contributed by atoms with Crippen LogP contribution in [0.2, 0.25) is 0 Å². The van der Waals surface area contributed by atoms with Crippen LogP contribution < -0.4 is 0 Å². The van der Waals surface area contributed by atoms with E-state index in [-0.39, 0.29) is 5.41 Å². The number of Topliss-reactive ketones (excluding diaryl/α,β-unsaturated/α-hetero) is 1. The van der Waals surface area contributed by atoms with Crippen LogP contribution in [0.15, 0.2) is 24.3 Å². The molecule has 2 heteroatoms. The maximum absolute atomic E-state index is 12.2. The fraction of sp³-hybridized carbons (Fsp3) is 0.529. The molecule has 0 aliphatic heterocycles. The predicted octanol–water partition coefficient (Wildman–Crippen LogP) is 3.21. The number of benzene rings is 1. The van der Waals surface area contributed by atoms with Gasteiger partial charge in [-0.3, -0.25) is 4.79 Å². The summed E-state index contributed by atoms with van der Waals surface area (Å²) >= 11 is 0. The number of carbonyl (C=O) groups is 1. The monoisotopic (exact) mass is 251 g/mol. The lowest BCUT2D eigenvalue weighted by Crippen LogP contribution is -2.53. The lowest BCUT2D eigenvalue weighted by Gasteiger charge is -2.56. The summed E-state index contributed by atoms with van der Waals surface area (Å²) in [6.07, 6.45) is 5.61. The topological polar surface area (TPSA) is 40.9 Å². The molecule has 5 rings (SSSR count). The second-order valence-corrected chi connectivity index (χ2v) is 6.72. The molecule has 2 unspecified atom stereocenters. The first-order chi connectivity index (χ1) is 9.20. The number of nitriles is 1. The van der Waals surface area contributed by atoms with Crippen molar-refractivity contribution in [3.05, 3.63) is 35.4 Å². The highest BCUT2D eigenvalue weighted by atomic mass is 16.1. The zero-order chi connectivity index (χ0) is 13.0.